The summed E-state index contributed by atoms with van der Waals surface area (Å²) in [5.41, 5.74) is -0.118. The van der Waals surface area contributed by atoms with Crippen molar-refractivity contribution < 1.29 is 4.79 Å². The van der Waals surface area contributed by atoms with Gasteiger partial charge in [-0.3, -0.25) is 9.69 Å². The minimum Gasteiger partial charge on any atom is -0.351 e. The van der Waals surface area contributed by atoms with Gasteiger partial charge < -0.3 is 10.6 Å². The maximum Gasteiger partial charge on any atom is 0.221 e. The number of hydrogen-bond acceptors (Lipinski definition) is 3. The van der Waals surface area contributed by atoms with Crippen LogP contribution in [0.1, 0.15) is 46.5 Å². The lowest BCUT2D eigenvalue weighted by Gasteiger charge is -2.23. The van der Waals surface area contributed by atoms with Gasteiger partial charge in [-0.1, -0.05) is 0 Å². The second kappa shape index (κ2) is 5.57. The Labute approximate surface area is 110 Å². The lowest BCUT2D eigenvalue weighted by molar-refractivity contribution is -0.122. The van der Waals surface area contributed by atoms with Crippen molar-refractivity contribution in [3.05, 3.63) is 0 Å². The summed E-state index contributed by atoms with van der Waals surface area (Å²) in [7, 11) is 0. The smallest absolute Gasteiger partial charge is 0.221 e. The number of rotatable bonds is 4. The molecule has 2 heterocycles. The molecule has 0 spiro atoms. The number of fused-ring (bicyclic) bond motifs is 1. The maximum atomic E-state index is 11.7. The van der Waals surface area contributed by atoms with Gasteiger partial charge in [-0.25, -0.2) is 0 Å². The Hall–Kier alpha value is -0.610. The highest BCUT2D eigenvalue weighted by atomic mass is 16.1. The Kier molecular flexibility index (Phi) is 4.28. The van der Waals surface area contributed by atoms with Gasteiger partial charge in [0.2, 0.25) is 5.91 Å². The molecule has 0 aromatic rings. The van der Waals surface area contributed by atoms with E-state index in [1.165, 1.54) is 32.4 Å². The van der Waals surface area contributed by atoms with E-state index in [4.69, 9.17) is 0 Å². The zero-order chi connectivity index (χ0) is 13.2. The van der Waals surface area contributed by atoms with E-state index in [0.29, 0.717) is 12.5 Å². The van der Waals surface area contributed by atoms with Gasteiger partial charge in [0.15, 0.2) is 0 Å². The number of carbonyl (C=O) groups is 1. The zero-order valence-electron chi connectivity index (χ0n) is 12.0. The number of hydrogen-bond donors (Lipinski definition) is 2. The summed E-state index contributed by atoms with van der Waals surface area (Å²) >= 11 is 0. The Bertz CT molecular complexity index is 298. The quantitative estimate of drug-likeness (QED) is 0.789. The third-order valence-electron chi connectivity index (χ3n) is 3.88. The zero-order valence-corrected chi connectivity index (χ0v) is 12.0. The van der Waals surface area contributed by atoms with Gasteiger partial charge in [-0.05, 0) is 46.6 Å². The third kappa shape index (κ3) is 3.69. The van der Waals surface area contributed by atoms with Crippen LogP contribution in [0.5, 0.6) is 0 Å². The van der Waals surface area contributed by atoms with Crippen molar-refractivity contribution in [1.29, 1.82) is 0 Å². The molecule has 2 aliphatic rings. The predicted octanol–water partition coefficient (Wildman–Crippen LogP) is 1.12. The number of nitrogens with zero attached hydrogens (tertiary/aromatic N) is 1. The van der Waals surface area contributed by atoms with Gasteiger partial charge in [-0.2, -0.15) is 0 Å². The minimum absolute atomic E-state index is 0.118. The molecule has 0 aromatic heterocycles. The van der Waals surface area contributed by atoms with E-state index in [0.717, 1.165) is 12.6 Å². The molecule has 2 aliphatic heterocycles. The molecule has 2 N–H and O–H groups in total. The van der Waals surface area contributed by atoms with Crippen LogP contribution in [-0.2, 0) is 4.79 Å². The number of carbonyl (C=O) groups excluding carboxylic acids is 1. The van der Waals surface area contributed by atoms with E-state index < -0.39 is 0 Å². The molecule has 104 valence electrons. The van der Waals surface area contributed by atoms with Crippen LogP contribution in [0.4, 0.5) is 0 Å². The first-order valence-electron chi connectivity index (χ1n) is 7.24. The molecule has 2 atom stereocenters. The minimum atomic E-state index is -0.118. The molecule has 4 nitrogen and oxygen atoms in total. The summed E-state index contributed by atoms with van der Waals surface area (Å²) in [5, 5.41) is 6.57. The Morgan fingerprint density at radius 1 is 1.28 bits per heavy atom. The van der Waals surface area contributed by atoms with Gasteiger partial charge in [0.05, 0.1) is 0 Å². The van der Waals surface area contributed by atoms with Gasteiger partial charge in [-0.15, -0.1) is 0 Å². The van der Waals surface area contributed by atoms with Crippen molar-refractivity contribution >= 4 is 5.91 Å². The molecule has 0 saturated carbocycles. The fraction of sp³-hybridized carbons (Fsp3) is 0.929. The van der Waals surface area contributed by atoms with E-state index in [2.05, 4.69) is 15.5 Å². The van der Waals surface area contributed by atoms with Crippen molar-refractivity contribution in [1.82, 2.24) is 15.5 Å². The molecule has 0 radical (unpaired) electrons. The van der Waals surface area contributed by atoms with E-state index in [1.807, 2.05) is 20.8 Å². The number of nitrogens with one attached hydrogen (secondary N) is 2. The first-order chi connectivity index (χ1) is 8.46. The fourth-order valence-electron chi connectivity index (χ4n) is 3.17. The van der Waals surface area contributed by atoms with Crippen molar-refractivity contribution in [2.24, 2.45) is 0 Å². The lowest BCUT2D eigenvalue weighted by atomic mass is 10.1. The molecule has 0 aliphatic carbocycles. The van der Waals surface area contributed by atoms with Gasteiger partial charge in [0, 0.05) is 37.1 Å². The van der Waals surface area contributed by atoms with Crippen LogP contribution in [0.15, 0.2) is 0 Å². The van der Waals surface area contributed by atoms with E-state index in [-0.39, 0.29) is 11.4 Å². The highest BCUT2D eigenvalue weighted by molar-refractivity contribution is 5.76. The van der Waals surface area contributed by atoms with Crippen LogP contribution in [-0.4, -0.2) is 48.1 Å². The Balaban J connectivity index is 1.65. The molecule has 0 bridgehead atoms. The lowest BCUT2D eigenvalue weighted by Crippen LogP contribution is -2.44. The standard InChI is InChI=1S/C14H27N3O/c1-14(2,3)16-13(18)6-8-15-11-7-10-17-9-4-5-12(11)17/h11-12,15H,4-10H2,1-3H3,(H,16,18). The molecule has 4 heteroatoms. The summed E-state index contributed by atoms with van der Waals surface area (Å²) in [4.78, 5) is 14.3. The van der Waals surface area contributed by atoms with Crippen LogP contribution < -0.4 is 10.6 Å². The Morgan fingerprint density at radius 2 is 2.06 bits per heavy atom. The normalized spacial score (nSPS) is 28.4. The Morgan fingerprint density at radius 3 is 2.78 bits per heavy atom. The molecular weight excluding hydrogens is 226 g/mol. The average Bonchev–Trinajstić information content (AvgIpc) is 2.79. The van der Waals surface area contributed by atoms with Crippen molar-refractivity contribution in [2.75, 3.05) is 19.6 Å². The maximum absolute atomic E-state index is 11.7. The monoisotopic (exact) mass is 253 g/mol. The van der Waals surface area contributed by atoms with E-state index >= 15 is 0 Å². The van der Waals surface area contributed by atoms with Crippen LogP contribution in [0, 0.1) is 0 Å². The van der Waals surface area contributed by atoms with Crippen LogP contribution in [0.3, 0.4) is 0 Å². The summed E-state index contributed by atoms with van der Waals surface area (Å²) < 4.78 is 0. The molecule has 2 saturated heterocycles. The van der Waals surface area contributed by atoms with Crippen LogP contribution in [0.2, 0.25) is 0 Å². The summed E-state index contributed by atoms with van der Waals surface area (Å²) in [6.45, 7) is 9.36. The van der Waals surface area contributed by atoms with Crippen molar-refractivity contribution in [3.8, 4) is 0 Å². The molecular formula is C14H27N3O. The average molecular weight is 253 g/mol. The summed E-state index contributed by atoms with van der Waals surface area (Å²) in [6.07, 6.45) is 4.49. The van der Waals surface area contributed by atoms with E-state index in [9.17, 15) is 4.79 Å². The molecule has 1 amide bonds. The van der Waals surface area contributed by atoms with Crippen molar-refractivity contribution in [3.63, 3.8) is 0 Å². The first kappa shape index (κ1) is 13.8. The molecule has 18 heavy (non-hydrogen) atoms. The second-order valence-electron chi connectivity index (χ2n) is 6.64. The predicted molar refractivity (Wildman–Crippen MR) is 73.5 cm³/mol. The van der Waals surface area contributed by atoms with Gasteiger partial charge in [0.1, 0.15) is 0 Å². The SMILES string of the molecule is CC(C)(C)NC(=O)CCNC1CCN2CCCC12. The number of amides is 1. The molecule has 2 fully saturated rings. The van der Waals surface area contributed by atoms with Crippen molar-refractivity contribution in [2.45, 2.75) is 64.1 Å². The molecule has 2 unspecified atom stereocenters. The largest absolute Gasteiger partial charge is 0.351 e. The summed E-state index contributed by atoms with van der Waals surface area (Å²) in [5.74, 6) is 0.149. The van der Waals surface area contributed by atoms with Crippen LogP contribution >= 0.6 is 0 Å². The first-order valence-corrected chi connectivity index (χ1v) is 7.24. The topological polar surface area (TPSA) is 44.4 Å². The third-order valence-corrected chi connectivity index (χ3v) is 3.88. The highest BCUT2D eigenvalue weighted by Crippen LogP contribution is 2.27. The fourth-order valence-corrected chi connectivity index (χ4v) is 3.17. The molecule has 2 rings (SSSR count). The second-order valence-corrected chi connectivity index (χ2v) is 6.64. The van der Waals surface area contributed by atoms with Gasteiger partial charge in [0.25, 0.3) is 0 Å². The molecule has 0 aromatic carbocycles. The van der Waals surface area contributed by atoms with E-state index in [1.54, 1.807) is 0 Å². The van der Waals surface area contributed by atoms with Gasteiger partial charge >= 0.3 is 0 Å². The summed E-state index contributed by atoms with van der Waals surface area (Å²) in [6, 6.07) is 1.34. The highest BCUT2D eigenvalue weighted by Gasteiger charge is 2.36. The van der Waals surface area contributed by atoms with Crippen LogP contribution in [0.25, 0.3) is 0 Å².